The molecule has 0 aromatic carbocycles. The predicted molar refractivity (Wildman–Crippen MR) is 111 cm³/mol. The van der Waals surface area contributed by atoms with Crippen LogP contribution in [0.1, 0.15) is 31.2 Å². The van der Waals surface area contributed by atoms with E-state index in [1.54, 1.807) is 17.6 Å². The molecule has 1 atom stereocenters. The molecule has 0 saturated carbocycles. The molecule has 0 N–H and O–H groups in total. The number of rotatable bonds is 6. The van der Waals surface area contributed by atoms with Crippen molar-refractivity contribution in [3.8, 4) is 11.6 Å². The lowest BCUT2D eigenvalue weighted by molar-refractivity contribution is -0.131. The summed E-state index contributed by atoms with van der Waals surface area (Å²) >= 11 is 3.26. The Labute approximate surface area is 172 Å². The second-order valence-electron chi connectivity index (χ2n) is 7.43. The third-order valence-corrected chi connectivity index (χ3v) is 6.85. The standard InChI is InChI=1S/C20H24N4O2S2/c1-13(2)11-24-18(16-5-4-9-26-16)21-22-20(24)28-14(3)19(25)23-8-6-17-15(12-23)7-10-27-17/h4-5,7,9-10,13-14H,6,8,11-12H2,1-3H3. The number of thioether (sulfide) groups is 1. The van der Waals surface area contributed by atoms with E-state index in [1.165, 1.54) is 22.2 Å². The molecule has 1 unspecified atom stereocenters. The number of aromatic nitrogens is 3. The smallest absolute Gasteiger partial charge is 0.236 e. The van der Waals surface area contributed by atoms with Crippen molar-refractivity contribution in [1.82, 2.24) is 19.7 Å². The summed E-state index contributed by atoms with van der Waals surface area (Å²) in [6.45, 7) is 8.53. The highest BCUT2D eigenvalue weighted by molar-refractivity contribution is 8.00. The van der Waals surface area contributed by atoms with Gasteiger partial charge in [-0.3, -0.25) is 9.36 Å². The van der Waals surface area contributed by atoms with E-state index in [2.05, 4.69) is 40.1 Å². The molecule has 3 aromatic heterocycles. The number of nitrogens with zero attached hydrogens (tertiary/aromatic N) is 4. The third-order valence-electron chi connectivity index (χ3n) is 4.76. The Morgan fingerprint density at radius 1 is 1.32 bits per heavy atom. The van der Waals surface area contributed by atoms with Crippen molar-refractivity contribution >= 4 is 29.0 Å². The van der Waals surface area contributed by atoms with Crippen LogP contribution in [0.3, 0.4) is 0 Å². The van der Waals surface area contributed by atoms with Gasteiger partial charge in [-0.25, -0.2) is 0 Å². The minimum absolute atomic E-state index is 0.153. The van der Waals surface area contributed by atoms with Crippen LogP contribution in [-0.4, -0.2) is 37.4 Å². The van der Waals surface area contributed by atoms with Crippen LogP contribution in [0.2, 0.25) is 0 Å². The SMILES string of the molecule is CC(C)Cn1c(SC(C)C(=O)N2CCc3sccc3C2)nnc1-c1ccco1. The van der Waals surface area contributed by atoms with Crippen LogP contribution in [0.15, 0.2) is 39.4 Å². The molecule has 0 radical (unpaired) electrons. The number of fused-ring (bicyclic) bond motifs is 1. The van der Waals surface area contributed by atoms with Crippen molar-refractivity contribution in [3.05, 3.63) is 40.3 Å². The zero-order valence-corrected chi connectivity index (χ0v) is 17.9. The third kappa shape index (κ3) is 3.89. The van der Waals surface area contributed by atoms with Gasteiger partial charge in [-0.15, -0.1) is 21.5 Å². The molecule has 148 valence electrons. The van der Waals surface area contributed by atoms with Crippen molar-refractivity contribution in [2.75, 3.05) is 6.54 Å². The van der Waals surface area contributed by atoms with Crippen molar-refractivity contribution in [1.29, 1.82) is 0 Å². The van der Waals surface area contributed by atoms with Crippen LogP contribution in [0.25, 0.3) is 11.6 Å². The topological polar surface area (TPSA) is 64.2 Å². The van der Waals surface area contributed by atoms with Crippen molar-refractivity contribution in [2.24, 2.45) is 5.92 Å². The van der Waals surface area contributed by atoms with E-state index in [1.807, 2.05) is 24.0 Å². The van der Waals surface area contributed by atoms with Crippen molar-refractivity contribution < 1.29 is 9.21 Å². The number of furan rings is 1. The van der Waals surface area contributed by atoms with E-state index in [0.717, 1.165) is 24.7 Å². The Bertz CT molecular complexity index is 945. The lowest BCUT2D eigenvalue weighted by Crippen LogP contribution is -2.39. The summed E-state index contributed by atoms with van der Waals surface area (Å²) in [5, 5.41) is 11.3. The molecule has 0 bridgehead atoms. The minimum Gasteiger partial charge on any atom is -0.461 e. The number of hydrogen-bond acceptors (Lipinski definition) is 6. The van der Waals surface area contributed by atoms with E-state index in [-0.39, 0.29) is 11.2 Å². The van der Waals surface area contributed by atoms with Gasteiger partial charge in [-0.1, -0.05) is 25.6 Å². The molecule has 0 fully saturated rings. The lowest BCUT2D eigenvalue weighted by Gasteiger charge is -2.29. The molecular weight excluding hydrogens is 392 g/mol. The van der Waals surface area contributed by atoms with Crippen molar-refractivity contribution in [3.63, 3.8) is 0 Å². The van der Waals surface area contributed by atoms with Crippen LogP contribution >= 0.6 is 23.1 Å². The average Bonchev–Trinajstić information content (AvgIpc) is 3.41. The molecule has 1 amide bonds. The van der Waals surface area contributed by atoms with E-state index in [0.29, 0.717) is 24.0 Å². The highest BCUT2D eigenvalue weighted by Gasteiger charge is 2.28. The van der Waals surface area contributed by atoms with E-state index in [4.69, 9.17) is 4.42 Å². The molecule has 1 aliphatic rings. The Hall–Kier alpha value is -2.06. The first-order valence-corrected chi connectivity index (χ1v) is 11.3. The second kappa shape index (κ2) is 8.13. The van der Waals surface area contributed by atoms with Gasteiger partial charge in [0.25, 0.3) is 0 Å². The summed E-state index contributed by atoms with van der Waals surface area (Å²) in [7, 11) is 0. The molecule has 0 spiro atoms. The Kier molecular flexibility index (Phi) is 5.59. The maximum Gasteiger partial charge on any atom is 0.236 e. The zero-order valence-electron chi connectivity index (χ0n) is 16.3. The molecule has 0 aliphatic carbocycles. The van der Waals surface area contributed by atoms with Crippen LogP contribution in [0.5, 0.6) is 0 Å². The first kappa shape index (κ1) is 19.3. The number of carbonyl (C=O) groups excluding carboxylic acids is 1. The van der Waals surface area contributed by atoms with Gasteiger partial charge in [0.15, 0.2) is 16.7 Å². The van der Waals surface area contributed by atoms with Crippen LogP contribution in [0.4, 0.5) is 0 Å². The Balaban J connectivity index is 1.51. The Morgan fingerprint density at radius 3 is 2.93 bits per heavy atom. The number of thiophene rings is 1. The molecule has 3 aromatic rings. The summed E-state index contributed by atoms with van der Waals surface area (Å²) in [4.78, 5) is 16.4. The molecule has 8 heteroatoms. The number of carbonyl (C=O) groups is 1. The van der Waals surface area contributed by atoms with Gasteiger partial charge in [-0.05, 0) is 48.4 Å². The molecule has 4 heterocycles. The van der Waals surface area contributed by atoms with Crippen molar-refractivity contribution in [2.45, 2.75) is 50.7 Å². The fraction of sp³-hybridized carbons (Fsp3) is 0.450. The fourth-order valence-corrected chi connectivity index (χ4v) is 5.23. The summed E-state index contributed by atoms with van der Waals surface area (Å²) in [6, 6.07) is 5.86. The molecule has 1 aliphatic heterocycles. The van der Waals surface area contributed by atoms with Crippen LogP contribution in [0, 0.1) is 5.92 Å². The largest absolute Gasteiger partial charge is 0.461 e. The fourth-order valence-electron chi connectivity index (χ4n) is 3.40. The molecule has 4 rings (SSSR count). The number of amides is 1. The van der Waals surface area contributed by atoms with E-state index in [9.17, 15) is 4.79 Å². The van der Waals surface area contributed by atoms with Gasteiger partial charge in [0.2, 0.25) is 5.91 Å². The molecule has 6 nitrogen and oxygen atoms in total. The van der Waals surface area contributed by atoms with Crippen LogP contribution in [-0.2, 0) is 24.3 Å². The van der Waals surface area contributed by atoms with Gasteiger partial charge < -0.3 is 9.32 Å². The van der Waals surface area contributed by atoms with Gasteiger partial charge in [0, 0.05) is 24.5 Å². The van der Waals surface area contributed by atoms with Gasteiger partial charge >= 0.3 is 0 Å². The van der Waals surface area contributed by atoms with Gasteiger partial charge in [0.05, 0.1) is 11.5 Å². The quantitative estimate of drug-likeness (QED) is 0.560. The van der Waals surface area contributed by atoms with Gasteiger partial charge in [-0.2, -0.15) is 0 Å². The average molecular weight is 417 g/mol. The maximum absolute atomic E-state index is 13.0. The van der Waals surface area contributed by atoms with E-state index < -0.39 is 0 Å². The summed E-state index contributed by atoms with van der Waals surface area (Å²) in [5.74, 6) is 1.98. The lowest BCUT2D eigenvalue weighted by atomic mass is 10.1. The first-order valence-electron chi connectivity index (χ1n) is 9.50. The predicted octanol–water partition coefficient (Wildman–Crippen LogP) is 4.32. The normalized spacial score (nSPS) is 15.1. The summed E-state index contributed by atoms with van der Waals surface area (Å²) in [6.07, 6.45) is 2.58. The summed E-state index contributed by atoms with van der Waals surface area (Å²) < 4.78 is 7.58. The minimum atomic E-state index is -0.222. The molecule has 28 heavy (non-hydrogen) atoms. The molecular formula is C20H24N4O2S2. The van der Waals surface area contributed by atoms with Gasteiger partial charge in [0.1, 0.15) is 0 Å². The monoisotopic (exact) mass is 416 g/mol. The highest BCUT2D eigenvalue weighted by Crippen LogP contribution is 2.30. The van der Waals surface area contributed by atoms with Crippen LogP contribution < -0.4 is 0 Å². The van der Waals surface area contributed by atoms with E-state index >= 15 is 0 Å². The zero-order chi connectivity index (χ0) is 19.7. The first-order chi connectivity index (χ1) is 13.5. The molecule has 0 saturated heterocycles. The maximum atomic E-state index is 13.0. The second-order valence-corrected chi connectivity index (χ2v) is 9.74. The number of hydrogen-bond donors (Lipinski definition) is 0. The summed E-state index contributed by atoms with van der Waals surface area (Å²) in [5.41, 5.74) is 1.28. The highest BCUT2D eigenvalue weighted by atomic mass is 32.2. The Morgan fingerprint density at radius 2 is 2.18 bits per heavy atom.